The van der Waals surface area contributed by atoms with Gasteiger partial charge in [0.15, 0.2) is 0 Å². The Bertz CT molecular complexity index is 637. The highest BCUT2D eigenvalue weighted by molar-refractivity contribution is 7.89. The molecule has 0 bridgehead atoms. The largest absolute Gasteiger partial charge is 0.398 e. The fourth-order valence-electron chi connectivity index (χ4n) is 2.15. The first-order chi connectivity index (χ1) is 9.23. The number of carbonyl (C=O) groups excluding carboxylic acids is 1. The lowest BCUT2D eigenvalue weighted by molar-refractivity contribution is -0.121. The van der Waals surface area contributed by atoms with E-state index in [0.29, 0.717) is 6.42 Å². The van der Waals surface area contributed by atoms with Gasteiger partial charge in [-0.2, -0.15) is 4.31 Å². The van der Waals surface area contributed by atoms with Gasteiger partial charge in [0.25, 0.3) is 0 Å². The van der Waals surface area contributed by atoms with E-state index in [1.54, 1.807) is 0 Å². The Morgan fingerprint density at radius 1 is 1.45 bits per heavy atom. The number of amides is 1. The molecule has 110 valence electrons. The fraction of sp³-hybridized carbons (Fsp3) is 0.417. The number of nitrogens with two attached hydrogens (primary N) is 2. The van der Waals surface area contributed by atoms with Crippen LogP contribution in [0.15, 0.2) is 17.0 Å². The third-order valence-corrected chi connectivity index (χ3v) is 5.39. The molecule has 1 aliphatic heterocycles. The van der Waals surface area contributed by atoms with Crippen molar-refractivity contribution in [2.45, 2.75) is 18.2 Å². The Kier molecular flexibility index (Phi) is 3.70. The maximum atomic E-state index is 13.6. The number of sulfonamides is 1. The maximum Gasteiger partial charge on any atom is 0.243 e. The van der Waals surface area contributed by atoms with E-state index in [4.69, 9.17) is 11.5 Å². The average molecular weight is 301 g/mol. The summed E-state index contributed by atoms with van der Waals surface area (Å²) in [5.74, 6) is -1.70. The molecule has 1 heterocycles. The van der Waals surface area contributed by atoms with Crippen LogP contribution in [0.2, 0.25) is 0 Å². The molecule has 1 aromatic carbocycles. The molecule has 1 amide bonds. The summed E-state index contributed by atoms with van der Waals surface area (Å²) in [4.78, 5) is 10.9. The predicted octanol–water partition coefficient (Wildman–Crippen LogP) is 0.212. The Hall–Kier alpha value is -1.67. The highest BCUT2D eigenvalue weighted by Crippen LogP contribution is 2.27. The zero-order chi connectivity index (χ0) is 15.1. The van der Waals surface area contributed by atoms with Crippen LogP contribution in [-0.4, -0.2) is 31.7 Å². The van der Waals surface area contributed by atoms with Crippen LogP contribution >= 0.6 is 0 Å². The van der Waals surface area contributed by atoms with Crippen molar-refractivity contribution in [3.05, 3.63) is 23.5 Å². The summed E-state index contributed by atoms with van der Waals surface area (Å²) in [5.41, 5.74) is 11.1. The van der Waals surface area contributed by atoms with Gasteiger partial charge >= 0.3 is 0 Å². The molecule has 0 spiro atoms. The second-order valence-corrected chi connectivity index (χ2v) is 6.81. The van der Waals surface area contributed by atoms with Gasteiger partial charge in [0.1, 0.15) is 5.82 Å². The van der Waals surface area contributed by atoms with Crippen molar-refractivity contribution in [3.8, 4) is 0 Å². The summed E-state index contributed by atoms with van der Waals surface area (Å²) < 4.78 is 39.5. The van der Waals surface area contributed by atoms with Gasteiger partial charge in [-0.1, -0.05) is 0 Å². The summed E-state index contributed by atoms with van der Waals surface area (Å²) in [5, 5.41) is 0. The minimum absolute atomic E-state index is 0.0209. The molecule has 1 saturated heterocycles. The quantitative estimate of drug-likeness (QED) is 0.778. The number of rotatable bonds is 3. The number of hydrogen-bond acceptors (Lipinski definition) is 4. The van der Waals surface area contributed by atoms with Gasteiger partial charge in [-0.25, -0.2) is 12.8 Å². The number of nitrogen functional groups attached to an aromatic ring is 1. The van der Waals surface area contributed by atoms with Gasteiger partial charge in [-0.05, 0) is 25.5 Å². The number of benzene rings is 1. The summed E-state index contributed by atoms with van der Waals surface area (Å²) in [7, 11) is -3.86. The van der Waals surface area contributed by atoms with Crippen LogP contribution in [0.5, 0.6) is 0 Å². The number of nitrogens with zero attached hydrogens (tertiary/aromatic N) is 1. The van der Waals surface area contributed by atoms with E-state index in [-0.39, 0.29) is 29.2 Å². The topological polar surface area (TPSA) is 106 Å². The molecule has 0 saturated carbocycles. The average Bonchev–Trinajstić information content (AvgIpc) is 2.85. The lowest BCUT2D eigenvalue weighted by Crippen LogP contribution is -2.32. The van der Waals surface area contributed by atoms with Gasteiger partial charge in [0.05, 0.1) is 10.8 Å². The zero-order valence-electron chi connectivity index (χ0n) is 11.0. The van der Waals surface area contributed by atoms with E-state index in [0.717, 1.165) is 10.4 Å². The Morgan fingerprint density at radius 2 is 2.10 bits per heavy atom. The molecule has 0 aromatic heterocycles. The minimum atomic E-state index is -3.86. The van der Waals surface area contributed by atoms with E-state index in [2.05, 4.69) is 0 Å². The summed E-state index contributed by atoms with van der Waals surface area (Å²) >= 11 is 0. The van der Waals surface area contributed by atoms with Crippen molar-refractivity contribution in [1.82, 2.24) is 4.31 Å². The lowest BCUT2D eigenvalue weighted by Gasteiger charge is -2.17. The highest BCUT2D eigenvalue weighted by Gasteiger charge is 2.35. The van der Waals surface area contributed by atoms with Gasteiger partial charge in [0.2, 0.25) is 15.9 Å². The molecule has 20 heavy (non-hydrogen) atoms. The second-order valence-electron chi connectivity index (χ2n) is 4.87. The molecule has 0 aliphatic carbocycles. The van der Waals surface area contributed by atoms with Gasteiger partial charge < -0.3 is 11.5 Å². The van der Waals surface area contributed by atoms with Crippen molar-refractivity contribution < 1.29 is 17.6 Å². The predicted molar refractivity (Wildman–Crippen MR) is 71.6 cm³/mol. The third kappa shape index (κ3) is 2.48. The summed E-state index contributed by atoms with van der Waals surface area (Å²) in [6.45, 7) is 1.68. The molecule has 1 aromatic rings. The van der Waals surface area contributed by atoms with E-state index in [1.807, 2.05) is 0 Å². The van der Waals surface area contributed by atoms with Gasteiger partial charge in [-0.3, -0.25) is 4.79 Å². The van der Waals surface area contributed by atoms with Gasteiger partial charge in [-0.15, -0.1) is 0 Å². The molecule has 1 atom stereocenters. The maximum absolute atomic E-state index is 13.6. The number of carbonyl (C=O) groups is 1. The molecule has 8 heteroatoms. The Morgan fingerprint density at radius 3 is 2.60 bits per heavy atom. The van der Waals surface area contributed by atoms with Gasteiger partial charge in [0, 0.05) is 24.3 Å². The molecule has 0 radical (unpaired) electrons. The van der Waals surface area contributed by atoms with Crippen molar-refractivity contribution in [2.75, 3.05) is 18.8 Å². The van der Waals surface area contributed by atoms with Crippen LogP contribution in [0.3, 0.4) is 0 Å². The highest BCUT2D eigenvalue weighted by atomic mass is 32.2. The van der Waals surface area contributed by atoms with Crippen molar-refractivity contribution >= 4 is 21.6 Å². The van der Waals surface area contributed by atoms with E-state index < -0.39 is 27.7 Å². The van der Waals surface area contributed by atoms with Crippen LogP contribution in [0, 0.1) is 18.7 Å². The lowest BCUT2D eigenvalue weighted by atomic mass is 10.1. The summed E-state index contributed by atoms with van der Waals surface area (Å²) in [6, 6.07) is 2.17. The molecule has 2 rings (SSSR count). The molecule has 1 aliphatic rings. The minimum Gasteiger partial charge on any atom is -0.398 e. The first kappa shape index (κ1) is 14.7. The van der Waals surface area contributed by atoms with Crippen LogP contribution in [0.25, 0.3) is 0 Å². The second kappa shape index (κ2) is 5.02. The van der Waals surface area contributed by atoms with Crippen LogP contribution in [-0.2, 0) is 14.8 Å². The molecule has 4 N–H and O–H groups in total. The molecular weight excluding hydrogens is 285 g/mol. The van der Waals surface area contributed by atoms with Crippen molar-refractivity contribution in [2.24, 2.45) is 11.7 Å². The molecule has 1 unspecified atom stereocenters. The Labute approximate surface area is 116 Å². The van der Waals surface area contributed by atoms with Crippen molar-refractivity contribution in [1.29, 1.82) is 0 Å². The number of primary amides is 1. The monoisotopic (exact) mass is 301 g/mol. The number of hydrogen-bond donors (Lipinski definition) is 2. The van der Waals surface area contributed by atoms with Crippen LogP contribution in [0.4, 0.5) is 10.1 Å². The first-order valence-electron chi connectivity index (χ1n) is 6.08. The number of anilines is 1. The smallest absolute Gasteiger partial charge is 0.243 e. The SMILES string of the molecule is Cc1c(N)cc(S(=O)(=O)N2CCC(C(N)=O)C2)cc1F. The Balaban J connectivity index is 2.35. The standard InChI is InChI=1S/C12H16FN3O3S/c1-7-10(13)4-9(5-11(7)14)20(18,19)16-3-2-8(6-16)12(15)17/h4-5,8H,2-3,6,14H2,1H3,(H2,15,17). The van der Waals surface area contributed by atoms with Crippen LogP contribution < -0.4 is 11.5 Å². The normalized spacial score (nSPS) is 20.2. The van der Waals surface area contributed by atoms with E-state index >= 15 is 0 Å². The zero-order valence-corrected chi connectivity index (χ0v) is 11.8. The van der Waals surface area contributed by atoms with Crippen molar-refractivity contribution in [3.63, 3.8) is 0 Å². The van der Waals surface area contributed by atoms with Crippen LogP contribution in [0.1, 0.15) is 12.0 Å². The van der Waals surface area contributed by atoms with E-state index in [1.165, 1.54) is 13.0 Å². The third-order valence-electron chi connectivity index (χ3n) is 3.55. The molecule has 6 nitrogen and oxygen atoms in total. The first-order valence-corrected chi connectivity index (χ1v) is 7.52. The molecule has 1 fully saturated rings. The fourth-order valence-corrected chi connectivity index (χ4v) is 3.70. The number of halogens is 1. The molecular formula is C12H16FN3O3S. The van der Waals surface area contributed by atoms with E-state index in [9.17, 15) is 17.6 Å². The summed E-state index contributed by atoms with van der Waals surface area (Å²) in [6.07, 6.45) is 0.373.